The Morgan fingerprint density at radius 3 is 3.00 bits per heavy atom. The number of likely N-dealkylation sites (tertiary alicyclic amines) is 1. The molecule has 2 rings (SSSR count). The van der Waals surface area contributed by atoms with E-state index in [-0.39, 0.29) is 18.1 Å². The molecule has 0 aliphatic carbocycles. The molecule has 0 bridgehead atoms. The number of methoxy groups -OCH3 is 1. The van der Waals surface area contributed by atoms with Crippen LogP contribution in [0.25, 0.3) is 0 Å². The minimum atomic E-state index is -0.114. The lowest BCUT2D eigenvalue weighted by Crippen LogP contribution is -2.49. The van der Waals surface area contributed by atoms with Crippen LogP contribution >= 0.6 is 0 Å². The van der Waals surface area contributed by atoms with Crippen LogP contribution in [0.3, 0.4) is 0 Å². The fourth-order valence-corrected chi connectivity index (χ4v) is 2.52. The number of hydrogen-bond donors (Lipinski definition) is 0. The second-order valence-corrected chi connectivity index (χ2v) is 4.63. The van der Waals surface area contributed by atoms with E-state index >= 15 is 0 Å². The Balaban J connectivity index is 1.88. The fraction of sp³-hybridized carbons (Fsp3) is 0.917. The third-order valence-corrected chi connectivity index (χ3v) is 3.50. The van der Waals surface area contributed by atoms with Crippen LogP contribution in [-0.4, -0.2) is 56.6 Å². The Hall–Kier alpha value is -0.650. The third kappa shape index (κ3) is 3.40. The van der Waals surface area contributed by atoms with Crippen LogP contribution in [0.5, 0.6) is 0 Å². The molecule has 2 aliphatic heterocycles. The maximum Gasteiger partial charge on any atom is 0.323 e. The predicted octanol–water partition coefficient (Wildman–Crippen LogP) is 0.777. The lowest BCUT2D eigenvalue weighted by atomic mass is 10.0. The standard InChI is InChI=1S/C12H21NO4/c1-15-12(14)11-4-2-3-6-13(11)8-10-5-7-16-9-17-10/h10-11H,2-9H2,1H3/t10?,11-/m1/s1. The van der Waals surface area contributed by atoms with Crippen molar-refractivity contribution in [2.24, 2.45) is 0 Å². The van der Waals surface area contributed by atoms with Gasteiger partial charge in [0, 0.05) is 6.54 Å². The van der Waals surface area contributed by atoms with Gasteiger partial charge in [0.25, 0.3) is 0 Å². The number of esters is 1. The van der Waals surface area contributed by atoms with Gasteiger partial charge < -0.3 is 14.2 Å². The first-order valence-corrected chi connectivity index (χ1v) is 6.32. The second kappa shape index (κ2) is 6.33. The molecule has 0 aromatic heterocycles. The van der Waals surface area contributed by atoms with E-state index in [1.165, 1.54) is 7.11 Å². The molecule has 98 valence electrons. The van der Waals surface area contributed by atoms with Crippen molar-refractivity contribution >= 4 is 5.97 Å². The molecule has 0 N–H and O–H groups in total. The predicted molar refractivity (Wildman–Crippen MR) is 61.5 cm³/mol. The van der Waals surface area contributed by atoms with E-state index < -0.39 is 0 Å². The largest absolute Gasteiger partial charge is 0.468 e. The van der Waals surface area contributed by atoms with E-state index in [0.717, 1.165) is 45.4 Å². The number of carbonyl (C=O) groups is 1. The second-order valence-electron chi connectivity index (χ2n) is 4.63. The van der Waals surface area contributed by atoms with Crippen LogP contribution in [0.1, 0.15) is 25.7 Å². The SMILES string of the molecule is COC(=O)[C@H]1CCCCN1CC1CCOCO1. The summed E-state index contributed by atoms with van der Waals surface area (Å²) >= 11 is 0. The zero-order valence-corrected chi connectivity index (χ0v) is 10.4. The summed E-state index contributed by atoms with van der Waals surface area (Å²) < 4.78 is 15.5. The van der Waals surface area contributed by atoms with Crippen LogP contribution in [0.15, 0.2) is 0 Å². The van der Waals surface area contributed by atoms with Crippen molar-refractivity contribution in [1.29, 1.82) is 0 Å². The molecular weight excluding hydrogens is 222 g/mol. The lowest BCUT2D eigenvalue weighted by molar-refractivity contribution is -0.158. The number of ether oxygens (including phenoxy) is 3. The van der Waals surface area contributed by atoms with Crippen molar-refractivity contribution in [1.82, 2.24) is 4.90 Å². The molecule has 0 amide bonds. The van der Waals surface area contributed by atoms with Crippen molar-refractivity contribution in [2.75, 3.05) is 33.6 Å². The minimum absolute atomic E-state index is 0.0832. The number of hydrogen-bond acceptors (Lipinski definition) is 5. The van der Waals surface area contributed by atoms with Crippen molar-refractivity contribution in [3.8, 4) is 0 Å². The van der Waals surface area contributed by atoms with E-state index in [1.54, 1.807) is 0 Å². The lowest BCUT2D eigenvalue weighted by Gasteiger charge is -2.36. The van der Waals surface area contributed by atoms with Gasteiger partial charge in [-0.3, -0.25) is 9.69 Å². The van der Waals surface area contributed by atoms with E-state index in [1.807, 2.05) is 0 Å². The van der Waals surface area contributed by atoms with Crippen LogP contribution in [0.4, 0.5) is 0 Å². The zero-order chi connectivity index (χ0) is 12.1. The van der Waals surface area contributed by atoms with E-state index in [4.69, 9.17) is 14.2 Å². The molecule has 2 aliphatic rings. The third-order valence-electron chi connectivity index (χ3n) is 3.50. The normalized spacial score (nSPS) is 31.1. The summed E-state index contributed by atoms with van der Waals surface area (Å²) in [7, 11) is 1.46. The van der Waals surface area contributed by atoms with Gasteiger partial charge in [0.1, 0.15) is 12.8 Å². The summed E-state index contributed by atoms with van der Waals surface area (Å²) in [6, 6.07) is -0.0832. The smallest absolute Gasteiger partial charge is 0.323 e. The summed E-state index contributed by atoms with van der Waals surface area (Å²) in [5.74, 6) is -0.114. The molecule has 5 heteroatoms. The quantitative estimate of drug-likeness (QED) is 0.685. The number of nitrogens with zero attached hydrogens (tertiary/aromatic N) is 1. The highest BCUT2D eigenvalue weighted by Crippen LogP contribution is 2.20. The van der Waals surface area contributed by atoms with Gasteiger partial charge in [0.2, 0.25) is 0 Å². The molecule has 0 radical (unpaired) electrons. The van der Waals surface area contributed by atoms with Gasteiger partial charge in [-0.1, -0.05) is 6.42 Å². The molecule has 2 atom stereocenters. The first-order chi connectivity index (χ1) is 8.31. The molecule has 0 spiro atoms. The Morgan fingerprint density at radius 2 is 2.29 bits per heavy atom. The highest BCUT2D eigenvalue weighted by atomic mass is 16.7. The summed E-state index contributed by atoms with van der Waals surface area (Å²) in [6.07, 6.45) is 4.25. The number of piperidine rings is 1. The van der Waals surface area contributed by atoms with E-state index in [2.05, 4.69) is 4.90 Å². The Bertz CT molecular complexity index is 253. The zero-order valence-electron chi connectivity index (χ0n) is 10.4. The van der Waals surface area contributed by atoms with Crippen molar-refractivity contribution in [3.63, 3.8) is 0 Å². The number of rotatable bonds is 3. The summed E-state index contributed by atoms with van der Waals surface area (Å²) in [5, 5.41) is 0. The Morgan fingerprint density at radius 1 is 1.41 bits per heavy atom. The minimum Gasteiger partial charge on any atom is -0.468 e. The topological polar surface area (TPSA) is 48.0 Å². The van der Waals surface area contributed by atoms with Gasteiger partial charge in [-0.2, -0.15) is 0 Å². The molecule has 2 fully saturated rings. The first kappa shape index (κ1) is 12.8. The van der Waals surface area contributed by atoms with Crippen molar-refractivity contribution in [3.05, 3.63) is 0 Å². The summed E-state index contributed by atoms with van der Waals surface area (Å²) in [6.45, 7) is 2.90. The summed E-state index contributed by atoms with van der Waals surface area (Å²) in [4.78, 5) is 13.9. The Kier molecular flexibility index (Phi) is 4.76. The average Bonchev–Trinajstić information content (AvgIpc) is 2.40. The van der Waals surface area contributed by atoms with Gasteiger partial charge in [-0.05, 0) is 25.8 Å². The monoisotopic (exact) mass is 243 g/mol. The molecule has 2 heterocycles. The van der Waals surface area contributed by atoms with Crippen LogP contribution < -0.4 is 0 Å². The van der Waals surface area contributed by atoms with E-state index in [0.29, 0.717) is 6.79 Å². The highest BCUT2D eigenvalue weighted by Gasteiger charge is 2.31. The maximum absolute atomic E-state index is 11.7. The van der Waals surface area contributed by atoms with Gasteiger partial charge in [-0.15, -0.1) is 0 Å². The highest BCUT2D eigenvalue weighted by molar-refractivity contribution is 5.75. The number of carbonyl (C=O) groups excluding carboxylic acids is 1. The first-order valence-electron chi connectivity index (χ1n) is 6.32. The molecule has 17 heavy (non-hydrogen) atoms. The van der Waals surface area contributed by atoms with Gasteiger partial charge in [0.05, 0.1) is 19.8 Å². The maximum atomic E-state index is 11.7. The fourth-order valence-electron chi connectivity index (χ4n) is 2.52. The molecule has 0 saturated carbocycles. The van der Waals surface area contributed by atoms with Crippen LogP contribution in [-0.2, 0) is 19.0 Å². The summed E-state index contributed by atoms with van der Waals surface area (Å²) in [5.41, 5.74) is 0. The molecule has 0 aromatic rings. The molecular formula is C12H21NO4. The van der Waals surface area contributed by atoms with Crippen LogP contribution in [0.2, 0.25) is 0 Å². The van der Waals surface area contributed by atoms with Crippen LogP contribution in [0, 0.1) is 0 Å². The van der Waals surface area contributed by atoms with Crippen molar-refractivity contribution < 1.29 is 19.0 Å². The molecule has 1 unspecified atom stereocenters. The van der Waals surface area contributed by atoms with Gasteiger partial charge in [-0.25, -0.2) is 0 Å². The van der Waals surface area contributed by atoms with E-state index in [9.17, 15) is 4.79 Å². The van der Waals surface area contributed by atoms with Gasteiger partial charge >= 0.3 is 5.97 Å². The van der Waals surface area contributed by atoms with Gasteiger partial charge in [0.15, 0.2) is 0 Å². The molecule has 0 aromatic carbocycles. The molecule has 5 nitrogen and oxygen atoms in total. The molecule has 2 saturated heterocycles. The average molecular weight is 243 g/mol. The van der Waals surface area contributed by atoms with Crippen molar-refractivity contribution in [2.45, 2.75) is 37.8 Å². The Labute approximate surface area is 102 Å².